The summed E-state index contributed by atoms with van der Waals surface area (Å²) < 4.78 is 5.05. The maximum absolute atomic E-state index is 14.1. The fourth-order valence-corrected chi connectivity index (χ4v) is 6.95. The van der Waals surface area contributed by atoms with Crippen molar-refractivity contribution in [3.8, 4) is 0 Å². The van der Waals surface area contributed by atoms with Crippen LogP contribution in [0.1, 0.15) is 45.2 Å². The number of carbonyl (C=O) groups excluding carboxylic acids is 3. The summed E-state index contributed by atoms with van der Waals surface area (Å²) in [5, 5.41) is 13.0. The fraction of sp³-hybridized carbons (Fsp3) is 0.296. The van der Waals surface area contributed by atoms with Gasteiger partial charge in [-0.15, -0.1) is 11.3 Å². The summed E-state index contributed by atoms with van der Waals surface area (Å²) in [6, 6.07) is 14.2. The van der Waals surface area contributed by atoms with Crippen LogP contribution in [0.2, 0.25) is 0 Å². The van der Waals surface area contributed by atoms with E-state index in [0.29, 0.717) is 17.7 Å². The van der Waals surface area contributed by atoms with Crippen LogP contribution in [0.3, 0.4) is 0 Å². The molecule has 2 aromatic carbocycles. The Labute approximate surface area is 221 Å². The molecule has 10 nitrogen and oxygen atoms in total. The molecule has 2 fully saturated rings. The third-order valence-electron chi connectivity index (χ3n) is 7.32. The number of esters is 1. The summed E-state index contributed by atoms with van der Waals surface area (Å²) in [4.78, 5) is 59.6. The summed E-state index contributed by atoms with van der Waals surface area (Å²) in [5.74, 6) is -2.52. The van der Waals surface area contributed by atoms with Crippen LogP contribution >= 0.6 is 11.3 Å². The Morgan fingerprint density at radius 2 is 1.76 bits per heavy atom. The van der Waals surface area contributed by atoms with Crippen molar-refractivity contribution >= 4 is 45.5 Å². The second-order valence-corrected chi connectivity index (χ2v) is 10.5. The van der Waals surface area contributed by atoms with Gasteiger partial charge in [0.15, 0.2) is 6.10 Å². The lowest BCUT2D eigenvalue weighted by atomic mass is 9.90. The van der Waals surface area contributed by atoms with Crippen LogP contribution in [0.4, 0.5) is 16.4 Å². The number of benzene rings is 2. The molecule has 0 saturated carbocycles. The second-order valence-electron chi connectivity index (χ2n) is 9.40. The first-order valence-electron chi connectivity index (χ1n) is 12.3. The van der Waals surface area contributed by atoms with Gasteiger partial charge in [0.05, 0.1) is 29.3 Å². The molecule has 3 atom stereocenters. The minimum absolute atomic E-state index is 0.0854. The first kappa shape index (κ1) is 24.3. The fourth-order valence-electron chi connectivity index (χ4n) is 5.57. The number of hydrogen-bond acceptors (Lipinski definition) is 9. The van der Waals surface area contributed by atoms with Crippen molar-refractivity contribution in [1.82, 2.24) is 0 Å². The molecular formula is C27H23N3O7S. The predicted molar refractivity (Wildman–Crippen MR) is 138 cm³/mol. The molecule has 11 heteroatoms. The number of anilines is 2. The highest BCUT2D eigenvalue weighted by atomic mass is 32.1. The molecule has 194 valence electrons. The number of hydrogen-bond donors (Lipinski definition) is 0. The molecule has 2 aliphatic heterocycles. The van der Waals surface area contributed by atoms with Crippen LogP contribution in [-0.4, -0.2) is 35.9 Å². The van der Waals surface area contributed by atoms with Gasteiger partial charge in [-0.2, -0.15) is 0 Å². The number of aryl methyl sites for hydroxylation is 1. The minimum atomic E-state index is -1.12. The summed E-state index contributed by atoms with van der Waals surface area (Å²) in [6.45, 7) is 0. The number of para-hydroxylation sites is 1. The van der Waals surface area contributed by atoms with E-state index in [1.807, 2.05) is 18.2 Å². The average Bonchev–Trinajstić information content (AvgIpc) is 3.59. The third-order valence-corrected chi connectivity index (χ3v) is 8.59. The Kier molecular flexibility index (Phi) is 5.96. The number of non-ortho nitro benzene ring substituents is 1. The molecule has 3 aliphatic rings. The number of carbonyl (C=O) groups is 3. The zero-order chi connectivity index (χ0) is 26.6. The smallest absolute Gasteiger partial charge is 0.341 e. The van der Waals surface area contributed by atoms with Crippen LogP contribution in [0.5, 0.6) is 0 Å². The van der Waals surface area contributed by atoms with E-state index < -0.39 is 40.8 Å². The summed E-state index contributed by atoms with van der Waals surface area (Å²) in [7, 11) is 1.28. The van der Waals surface area contributed by atoms with Gasteiger partial charge >= 0.3 is 5.97 Å². The number of nitro benzene ring substituents is 1. The Morgan fingerprint density at radius 3 is 2.45 bits per heavy atom. The number of methoxy groups -OCH3 is 1. The monoisotopic (exact) mass is 533 g/mol. The van der Waals surface area contributed by atoms with Crippen molar-refractivity contribution in [3.63, 3.8) is 0 Å². The zero-order valence-electron chi connectivity index (χ0n) is 20.4. The number of fused-ring (bicyclic) bond motifs is 2. The maximum atomic E-state index is 14.1. The molecule has 6 rings (SSSR count). The van der Waals surface area contributed by atoms with Gasteiger partial charge in [0.2, 0.25) is 5.91 Å². The highest BCUT2D eigenvalue weighted by Gasteiger charge is 2.61. The number of rotatable bonds is 5. The number of nitro groups is 1. The van der Waals surface area contributed by atoms with E-state index in [2.05, 4.69) is 0 Å². The molecule has 0 radical (unpaired) electrons. The quantitative estimate of drug-likeness (QED) is 0.205. The van der Waals surface area contributed by atoms with E-state index in [1.165, 1.54) is 35.6 Å². The Balaban J connectivity index is 1.44. The molecule has 2 amide bonds. The molecule has 3 aromatic rings. The number of imide groups is 1. The largest absolute Gasteiger partial charge is 0.465 e. The van der Waals surface area contributed by atoms with Crippen molar-refractivity contribution in [2.75, 3.05) is 17.1 Å². The highest BCUT2D eigenvalue weighted by molar-refractivity contribution is 7.17. The van der Waals surface area contributed by atoms with Crippen molar-refractivity contribution in [3.05, 3.63) is 86.3 Å². The molecule has 0 unspecified atom stereocenters. The van der Waals surface area contributed by atoms with Gasteiger partial charge in [0.1, 0.15) is 10.9 Å². The van der Waals surface area contributed by atoms with Crippen LogP contribution in [0, 0.1) is 16.0 Å². The average molecular weight is 534 g/mol. The van der Waals surface area contributed by atoms with Gasteiger partial charge in [-0.1, -0.05) is 30.3 Å². The predicted octanol–water partition coefficient (Wildman–Crippen LogP) is 4.37. The van der Waals surface area contributed by atoms with E-state index in [4.69, 9.17) is 9.57 Å². The van der Waals surface area contributed by atoms with E-state index in [9.17, 15) is 24.5 Å². The maximum Gasteiger partial charge on any atom is 0.341 e. The topological polar surface area (TPSA) is 119 Å². The number of ether oxygens (including phenoxy) is 1. The van der Waals surface area contributed by atoms with Crippen molar-refractivity contribution in [2.45, 2.75) is 37.8 Å². The van der Waals surface area contributed by atoms with Gasteiger partial charge in [-0.05, 0) is 48.9 Å². The molecule has 2 saturated heterocycles. The molecule has 38 heavy (non-hydrogen) atoms. The molecular weight excluding hydrogens is 510 g/mol. The van der Waals surface area contributed by atoms with Gasteiger partial charge in [-0.25, -0.2) is 14.8 Å². The Bertz CT molecular complexity index is 1450. The zero-order valence-corrected chi connectivity index (χ0v) is 21.2. The molecule has 1 aliphatic carbocycles. The summed E-state index contributed by atoms with van der Waals surface area (Å²) >= 11 is 1.29. The van der Waals surface area contributed by atoms with E-state index in [0.717, 1.165) is 34.6 Å². The number of thiophene rings is 1. The van der Waals surface area contributed by atoms with Gasteiger partial charge in [0.25, 0.3) is 11.6 Å². The first-order valence-corrected chi connectivity index (χ1v) is 13.1. The highest BCUT2D eigenvalue weighted by Crippen LogP contribution is 2.50. The van der Waals surface area contributed by atoms with Gasteiger partial charge in [-0.3, -0.25) is 24.5 Å². The molecule has 0 spiro atoms. The minimum Gasteiger partial charge on any atom is -0.465 e. The lowest BCUT2D eigenvalue weighted by molar-refractivity contribution is -0.384. The molecule has 0 N–H and O–H groups in total. The van der Waals surface area contributed by atoms with Crippen molar-refractivity contribution < 1.29 is 28.9 Å². The van der Waals surface area contributed by atoms with Crippen LogP contribution in [0.25, 0.3) is 0 Å². The SMILES string of the molecule is COC(=O)c1c(N2C(=O)[C@@H]3[C@@H](c4ccc([N+](=O)[O-])cc4)N(c4ccccc4)O[C@H]3C2=O)sc2c1CCCC2. The standard InChI is InChI=1S/C27H23N3O7S/c1-36-27(33)20-18-9-5-6-10-19(18)38-26(20)28-24(31)21-22(15-11-13-17(14-12-15)30(34)35)29(37-23(21)25(28)32)16-7-3-2-4-8-16/h2-4,7-8,11-14,21-23H,5-6,9-10H2,1H3/t21-,22-,23-/m1/s1. The van der Waals surface area contributed by atoms with Crippen LogP contribution < -0.4 is 9.96 Å². The van der Waals surface area contributed by atoms with Crippen LogP contribution in [0.15, 0.2) is 54.6 Å². The van der Waals surface area contributed by atoms with E-state index in [1.54, 1.807) is 24.3 Å². The normalized spacial score (nSPS) is 22.4. The molecule has 1 aromatic heterocycles. The molecule has 3 heterocycles. The van der Waals surface area contributed by atoms with Gasteiger partial charge in [0, 0.05) is 17.0 Å². The van der Waals surface area contributed by atoms with Crippen molar-refractivity contribution in [2.24, 2.45) is 5.92 Å². The Hall–Kier alpha value is -4.09. The van der Waals surface area contributed by atoms with Crippen molar-refractivity contribution in [1.29, 1.82) is 0 Å². The lowest BCUT2D eigenvalue weighted by Crippen LogP contribution is -2.37. The summed E-state index contributed by atoms with van der Waals surface area (Å²) in [5.41, 5.74) is 2.27. The number of hydroxylamine groups is 1. The first-order chi connectivity index (χ1) is 18.4. The third kappa shape index (κ3) is 3.69. The van der Waals surface area contributed by atoms with Gasteiger partial charge < -0.3 is 4.74 Å². The van der Waals surface area contributed by atoms with E-state index in [-0.39, 0.29) is 16.3 Å². The molecule has 0 bridgehead atoms. The van der Waals surface area contributed by atoms with E-state index >= 15 is 0 Å². The lowest BCUT2D eigenvalue weighted by Gasteiger charge is -2.28. The second kappa shape index (κ2) is 9.34. The number of nitrogens with zero attached hydrogens (tertiary/aromatic N) is 3. The Morgan fingerprint density at radius 1 is 1.05 bits per heavy atom. The summed E-state index contributed by atoms with van der Waals surface area (Å²) in [6.07, 6.45) is 2.22. The number of amides is 2. The van der Waals surface area contributed by atoms with Crippen LogP contribution in [-0.2, 0) is 32.0 Å².